The van der Waals surface area contributed by atoms with Gasteiger partial charge in [-0.05, 0) is 25.2 Å². The lowest BCUT2D eigenvalue weighted by molar-refractivity contribution is 0.00682. The molecule has 0 aliphatic heterocycles. The van der Waals surface area contributed by atoms with Gasteiger partial charge in [0.15, 0.2) is 0 Å². The average Bonchev–Trinajstić information content (AvgIpc) is 2.78. The highest BCUT2D eigenvalue weighted by molar-refractivity contribution is 4.99. The molecule has 4 nitrogen and oxygen atoms in total. The number of hydrogen-bond donors (Lipinski definition) is 1. The minimum atomic E-state index is -0.557. The second-order valence-electron chi connectivity index (χ2n) is 4.97. The molecule has 1 saturated carbocycles. The van der Waals surface area contributed by atoms with Gasteiger partial charge >= 0.3 is 0 Å². The van der Waals surface area contributed by atoms with Crippen molar-refractivity contribution in [2.24, 2.45) is 5.92 Å². The highest BCUT2D eigenvalue weighted by Crippen LogP contribution is 2.37. The predicted octanol–water partition coefficient (Wildman–Crippen LogP) is 1.78. The summed E-state index contributed by atoms with van der Waals surface area (Å²) in [4.78, 5) is 4.27. The SMILES string of the molecule is CCCn1ncnc1CC1(O)CCCC1C. The van der Waals surface area contributed by atoms with Gasteiger partial charge in [0.2, 0.25) is 0 Å². The molecule has 0 saturated heterocycles. The van der Waals surface area contributed by atoms with E-state index in [1.807, 2.05) is 4.68 Å². The standard InChI is InChI=1S/C12H21N3O/c1-3-7-15-11(13-9-14-15)8-12(16)6-4-5-10(12)2/h9-10,16H,3-8H2,1-2H3. The van der Waals surface area contributed by atoms with Crippen LogP contribution in [0.3, 0.4) is 0 Å². The first-order valence-corrected chi connectivity index (χ1v) is 6.25. The van der Waals surface area contributed by atoms with Crippen molar-refractivity contribution < 1.29 is 5.11 Å². The van der Waals surface area contributed by atoms with Gasteiger partial charge in [-0.1, -0.05) is 20.3 Å². The van der Waals surface area contributed by atoms with Gasteiger partial charge in [0.25, 0.3) is 0 Å². The molecule has 0 amide bonds. The third-order valence-corrected chi connectivity index (χ3v) is 3.76. The number of rotatable bonds is 4. The Kier molecular flexibility index (Phi) is 3.28. The average molecular weight is 223 g/mol. The molecule has 1 aromatic rings. The first-order valence-electron chi connectivity index (χ1n) is 6.25. The van der Waals surface area contributed by atoms with Crippen LogP contribution in [0.2, 0.25) is 0 Å². The van der Waals surface area contributed by atoms with Gasteiger partial charge in [-0.3, -0.25) is 4.68 Å². The highest BCUT2D eigenvalue weighted by atomic mass is 16.3. The molecule has 1 N–H and O–H groups in total. The van der Waals surface area contributed by atoms with Crippen molar-refractivity contribution in [2.75, 3.05) is 0 Å². The zero-order valence-corrected chi connectivity index (χ0v) is 10.2. The largest absolute Gasteiger partial charge is 0.389 e. The lowest BCUT2D eigenvalue weighted by Gasteiger charge is -2.27. The normalized spacial score (nSPS) is 29.8. The second kappa shape index (κ2) is 4.53. The van der Waals surface area contributed by atoms with Gasteiger partial charge in [0, 0.05) is 13.0 Å². The summed E-state index contributed by atoms with van der Waals surface area (Å²) in [5.74, 6) is 1.30. The molecule has 0 bridgehead atoms. The summed E-state index contributed by atoms with van der Waals surface area (Å²) in [5.41, 5.74) is -0.557. The van der Waals surface area contributed by atoms with Crippen LogP contribution >= 0.6 is 0 Å². The monoisotopic (exact) mass is 223 g/mol. The van der Waals surface area contributed by atoms with Crippen molar-refractivity contribution in [1.29, 1.82) is 0 Å². The quantitative estimate of drug-likeness (QED) is 0.846. The van der Waals surface area contributed by atoms with Crippen LogP contribution in [-0.2, 0) is 13.0 Å². The molecule has 1 fully saturated rings. The minimum Gasteiger partial charge on any atom is -0.389 e. The van der Waals surface area contributed by atoms with E-state index in [1.54, 1.807) is 6.33 Å². The van der Waals surface area contributed by atoms with E-state index < -0.39 is 5.60 Å². The van der Waals surface area contributed by atoms with Gasteiger partial charge in [-0.15, -0.1) is 0 Å². The van der Waals surface area contributed by atoms with Crippen LogP contribution in [0, 0.1) is 5.92 Å². The van der Waals surface area contributed by atoms with Crippen molar-refractivity contribution in [1.82, 2.24) is 14.8 Å². The molecular weight excluding hydrogens is 202 g/mol. The van der Waals surface area contributed by atoms with Crippen molar-refractivity contribution in [3.8, 4) is 0 Å². The van der Waals surface area contributed by atoms with Crippen LogP contribution < -0.4 is 0 Å². The highest BCUT2D eigenvalue weighted by Gasteiger charge is 2.39. The number of hydrogen-bond acceptors (Lipinski definition) is 3. The van der Waals surface area contributed by atoms with E-state index in [1.165, 1.54) is 0 Å². The fourth-order valence-corrected chi connectivity index (χ4v) is 2.59. The van der Waals surface area contributed by atoms with E-state index in [9.17, 15) is 5.11 Å². The fraction of sp³-hybridized carbons (Fsp3) is 0.833. The maximum Gasteiger partial charge on any atom is 0.138 e. The summed E-state index contributed by atoms with van der Waals surface area (Å²) < 4.78 is 1.92. The maximum absolute atomic E-state index is 10.5. The van der Waals surface area contributed by atoms with Crippen molar-refractivity contribution in [2.45, 2.75) is 58.1 Å². The fourth-order valence-electron chi connectivity index (χ4n) is 2.59. The Labute approximate surface area is 96.7 Å². The van der Waals surface area contributed by atoms with E-state index in [-0.39, 0.29) is 0 Å². The van der Waals surface area contributed by atoms with E-state index >= 15 is 0 Å². The molecule has 2 unspecified atom stereocenters. The van der Waals surface area contributed by atoms with Crippen LogP contribution in [-0.4, -0.2) is 25.5 Å². The van der Waals surface area contributed by atoms with E-state index in [2.05, 4.69) is 23.9 Å². The van der Waals surface area contributed by atoms with Crippen LogP contribution in [0.15, 0.2) is 6.33 Å². The molecule has 2 atom stereocenters. The van der Waals surface area contributed by atoms with E-state index in [4.69, 9.17) is 0 Å². The first kappa shape index (κ1) is 11.6. The Bertz CT molecular complexity index is 350. The van der Waals surface area contributed by atoms with Crippen LogP contribution in [0.5, 0.6) is 0 Å². The van der Waals surface area contributed by atoms with Gasteiger partial charge in [-0.2, -0.15) is 5.10 Å². The number of aromatic nitrogens is 3. The third kappa shape index (κ3) is 2.12. The van der Waals surface area contributed by atoms with Crippen LogP contribution in [0.4, 0.5) is 0 Å². The van der Waals surface area contributed by atoms with Crippen molar-refractivity contribution in [3.05, 3.63) is 12.2 Å². The summed E-state index contributed by atoms with van der Waals surface area (Å²) in [5, 5.41) is 14.7. The summed E-state index contributed by atoms with van der Waals surface area (Å²) >= 11 is 0. The molecule has 1 heterocycles. The molecule has 0 aromatic carbocycles. The van der Waals surface area contributed by atoms with Gasteiger partial charge in [0.05, 0.1) is 5.60 Å². The van der Waals surface area contributed by atoms with Gasteiger partial charge < -0.3 is 5.11 Å². The predicted molar refractivity (Wildman–Crippen MR) is 62.0 cm³/mol. The smallest absolute Gasteiger partial charge is 0.138 e. The molecule has 0 spiro atoms. The van der Waals surface area contributed by atoms with Gasteiger partial charge in [0.1, 0.15) is 12.2 Å². The Morgan fingerprint density at radius 1 is 1.62 bits per heavy atom. The molecule has 2 rings (SSSR count). The summed E-state index contributed by atoms with van der Waals surface area (Å²) in [7, 11) is 0. The topological polar surface area (TPSA) is 50.9 Å². The lowest BCUT2D eigenvalue weighted by Crippen LogP contribution is -2.35. The Balaban J connectivity index is 2.10. The van der Waals surface area contributed by atoms with Crippen LogP contribution in [0.1, 0.15) is 45.4 Å². The molecule has 4 heteroatoms. The minimum absolute atomic E-state index is 0.374. The van der Waals surface area contributed by atoms with E-state index in [0.717, 1.165) is 38.1 Å². The molecule has 1 aliphatic carbocycles. The number of aryl methyl sites for hydroxylation is 1. The van der Waals surface area contributed by atoms with E-state index in [0.29, 0.717) is 12.3 Å². The van der Waals surface area contributed by atoms with Crippen molar-refractivity contribution in [3.63, 3.8) is 0 Å². The number of aliphatic hydroxyl groups is 1. The molecule has 90 valence electrons. The van der Waals surface area contributed by atoms with Crippen LogP contribution in [0.25, 0.3) is 0 Å². The summed E-state index contributed by atoms with van der Waals surface area (Å²) in [6.07, 6.45) is 6.43. The zero-order valence-electron chi connectivity index (χ0n) is 10.2. The Hall–Kier alpha value is -0.900. The third-order valence-electron chi connectivity index (χ3n) is 3.76. The Morgan fingerprint density at radius 3 is 3.06 bits per heavy atom. The first-order chi connectivity index (χ1) is 7.65. The maximum atomic E-state index is 10.5. The molecule has 1 aromatic heterocycles. The molecule has 16 heavy (non-hydrogen) atoms. The summed E-state index contributed by atoms with van der Waals surface area (Å²) in [6, 6.07) is 0. The summed E-state index contributed by atoms with van der Waals surface area (Å²) in [6.45, 7) is 5.14. The zero-order chi connectivity index (χ0) is 11.6. The Morgan fingerprint density at radius 2 is 2.44 bits per heavy atom. The molecular formula is C12H21N3O. The lowest BCUT2D eigenvalue weighted by atomic mass is 9.89. The van der Waals surface area contributed by atoms with Gasteiger partial charge in [-0.25, -0.2) is 4.98 Å². The second-order valence-corrected chi connectivity index (χ2v) is 4.97. The van der Waals surface area contributed by atoms with Crippen molar-refractivity contribution >= 4 is 0 Å². The number of nitrogens with zero attached hydrogens (tertiary/aromatic N) is 3. The molecule has 0 radical (unpaired) electrons. The molecule has 1 aliphatic rings.